The Labute approximate surface area is 212 Å². The molecule has 1 aromatic heterocycles. The van der Waals surface area contributed by atoms with Crippen molar-refractivity contribution in [3.05, 3.63) is 71.7 Å². The molecule has 0 radical (unpaired) electrons. The number of likely N-dealkylation sites (N-methyl/N-ethyl adjacent to an activating group) is 1. The Kier molecular flexibility index (Phi) is 5.63. The first-order chi connectivity index (χ1) is 17.3. The molecule has 2 atom stereocenters. The summed E-state index contributed by atoms with van der Waals surface area (Å²) in [5, 5.41) is 1.06. The Balaban J connectivity index is 1.66. The van der Waals surface area contributed by atoms with Crippen LogP contribution in [-0.2, 0) is 14.7 Å². The maximum atomic E-state index is 6.96. The summed E-state index contributed by atoms with van der Waals surface area (Å²) >= 11 is 0. The van der Waals surface area contributed by atoms with Gasteiger partial charge in [0.25, 0.3) is 5.90 Å². The van der Waals surface area contributed by atoms with E-state index in [0.717, 1.165) is 29.8 Å². The van der Waals surface area contributed by atoms with Crippen LogP contribution in [0.15, 0.2) is 68.9 Å². The summed E-state index contributed by atoms with van der Waals surface area (Å²) in [6, 6.07) is 17.0. The molecule has 36 heavy (non-hydrogen) atoms. The van der Waals surface area contributed by atoms with Crippen molar-refractivity contribution >= 4 is 35.7 Å². The number of morpholine rings is 1. The van der Waals surface area contributed by atoms with E-state index in [9.17, 15) is 0 Å². The maximum absolute atomic E-state index is 6.96. The first-order valence-electron chi connectivity index (χ1n) is 12.6. The summed E-state index contributed by atoms with van der Waals surface area (Å²) < 4.78 is 26.3. The van der Waals surface area contributed by atoms with Gasteiger partial charge in [0.15, 0.2) is 5.76 Å². The van der Waals surface area contributed by atoms with Crippen molar-refractivity contribution in [3.63, 3.8) is 0 Å². The van der Waals surface area contributed by atoms with Gasteiger partial charge in [0.05, 0.1) is 36.2 Å². The SMILES string of the molecule is Cc1ccc(N=[P@]2(N3CCOCC3)OC(c3ccco3)=Nc3cc4c(cc32)C(C)(C)[C@@H](C)N4C)cc1. The van der Waals surface area contributed by atoms with E-state index in [2.05, 4.69) is 80.7 Å². The van der Waals surface area contributed by atoms with Crippen molar-refractivity contribution in [3.8, 4) is 0 Å². The molecule has 0 amide bonds. The van der Waals surface area contributed by atoms with Gasteiger partial charge >= 0.3 is 0 Å². The summed E-state index contributed by atoms with van der Waals surface area (Å²) in [6.07, 6.45) is 1.66. The molecule has 8 heteroatoms. The highest BCUT2D eigenvalue weighted by atomic mass is 31.2. The van der Waals surface area contributed by atoms with Crippen molar-refractivity contribution in [1.82, 2.24) is 4.67 Å². The first kappa shape index (κ1) is 23.5. The predicted molar refractivity (Wildman–Crippen MR) is 146 cm³/mol. The van der Waals surface area contributed by atoms with E-state index in [1.807, 2.05) is 12.1 Å². The molecule has 6 rings (SSSR count). The fourth-order valence-electron chi connectivity index (χ4n) is 5.35. The van der Waals surface area contributed by atoms with Crippen LogP contribution in [0.5, 0.6) is 0 Å². The number of ether oxygens (including phenoxy) is 1. The molecule has 2 aromatic carbocycles. The van der Waals surface area contributed by atoms with Gasteiger partial charge in [0, 0.05) is 37.3 Å². The number of anilines is 1. The zero-order valence-corrected chi connectivity index (χ0v) is 22.5. The van der Waals surface area contributed by atoms with Crippen molar-refractivity contribution in [2.24, 2.45) is 9.74 Å². The third-order valence-electron chi connectivity index (χ3n) is 7.93. The molecule has 0 unspecified atom stereocenters. The van der Waals surface area contributed by atoms with Gasteiger partial charge < -0.3 is 18.6 Å². The van der Waals surface area contributed by atoms with E-state index in [1.165, 1.54) is 16.8 Å². The highest BCUT2D eigenvalue weighted by Crippen LogP contribution is 2.61. The predicted octanol–water partition coefficient (Wildman–Crippen LogP) is 6.13. The molecule has 0 saturated carbocycles. The standard InChI is InChI=1S/C28H33N4O3P/c1-19-8-10-21(11-9-19)30-36(32-12-15-33-16-13-32)26-17-22-24(31(5)20(2)28(22,3)4)18-23(26)29-27(35-36)25-7-6-14-34-25/h6-11,14,17-18,20H,12-13,15-16H2,1-5H3/t20-,36-/m1/s1. The Morgan fingerprint density at radius 3 is 2.53 bits per heavy atom. The molecule has 0 aliphatic carbocycles. The lowest BCUT2D eigenvalue weighted by atomic mass is 9.81. The molecular formula is C28H33N4O3P. The van der Waals surface area contributed by atoms with Gasteiger partial charge in [0.1, 0.15) is 0 Å². The molecule has 188 valence electrons. The number of hydrogen-bond acceptors (Lipinski definition) is 6. The highest BCUT2D eigenvalue weighted by Gasteiger charge is 2.46. The van der Waals surface area contributed by atoms with Crippen LogP contribution in [-0.4, -0.2) is 50.0 Å². The van der Waals surface area contributed by atoms with Crippen LogP contribution < -0.4 is 10.2 Å². The Morgan fingerprint density at radius 2 is 1.83 bits per heavy atom. The summed E-state index contributed by atoms with van der Waals surface area (Å²) in [4.78, 5) is 7.36. The maximum Gasteiger partial charge on any atom is 0.263 e. The van der Waals surface area contributed by atoms with Crippen LogP contribution in [0.25, 0.3) is 0 Å². The molecule has 0 bridgehead atoms. The lowest BCUT2D eigenvalue weighted by Gasteiger charge is -2.40. The number of benzene rings is 2. The minimum Gasteiger partial charge on any atom is -0.459 e. The lowest BCUT2D eigenvalue weighted by Crippen LogP contribution is -2.39. The normalized spacial score (nSPS) is 25.1. The zero-order valence-electron chi connectivity index (χ0n) is 21.6. The topological polar surface area (TPSA) is 62.8 Å². The Hall–Kier alpha value is -2.86. The minimum atomic E-state index is -2.75. The number of aryl methyl sites for hydroxylation is 1. The fraction of sp³-hybridized carbons (Fsp3) is 0.393. The second-order valence-electron chi connectivity index (χ2n) is 10.4. The molecule has 0 spiro atoms. The van der Waals surface area contributed by atoms with E-state index in [-0.39, 0.29) is 5.41 Å². The smallest absolute Gasteiger partial charge is 0.263 e. The van der Waals surface area contributed by atoms with Crippen LogP contribution in [0.4, 0.5) is 17.1 Å². The van der Waals surface area contributed by atoms with Crippen LogP contribution >= 0.6 is 7.43 Å². The van der Waals surface area contributed by atoms with Crippen LogP contribution in [0.3, 0.4) is 0 Å². The van der Waals surface area contributed by atoms with Crippen LogP contribution in [0.1, 0.15) is 37.7 Å². The summed E-state index contributed by atoms with van der Waals surface area (Å²) in [5.74, 6) is 1.09. The lowest BCUT2D eigenvalue weighted by molar-refractivity contribution is 0.0716. The van der Waals surface area contributed by atoms with Gasteiger partial charge in [0.2, 0.25) is 7.43 Å². The van der Waals surface area contributed by atoms with Gasteiger partial charge in [-0.3, -0.25) is 0 Å². The molecule has 1 saturated heterocycles. The van der Waals surface area contributed by atoms with E-state index >= 15 is 0 Å². The van der Waals surface area contributed by atoms with Gasteiger partial charge in [-0.05, 0) is 55.8 Å². The van der Waals surface area contributed by atoms with Crippen LogP contribution in [0, 0.1) is 6.92 Å². The number of rotatable bonds is 3. The van der Waals surface area contributed by atoms with E-state index < -0.39 is 7.43 Å². The number of fused-ring (bicyclic) bond motifs is 2. The second kappa shape index (κ2) is 8.62. The van der Waals surface area contributed by atoms with Gasteiger partial charge in [-0.1, -0.05) is 31.5 Å². The third-order valence-corrected chi connectivity index (χ3v) is 11.0. The molecule has 7 nitrogen and oxygen atoms in total. The molecule has 3 aliphatic rings. The van der Waals surface area contributed by atoms with E-state index in [0.29, 0.717) is 30.9 Å². The molecular weight excluding hydrogens is 471 g/mol. The average Bonchev–Trinajstić information content (AvgIpc) is 3.48. The molecule has 3 aliphatic heterocycles. The quantitative estimate of drug-likeness (QED) is 0.402. The first-order valence-corrected chi connectivity index (χ1v) is 14.2. The van der Waals surface area contributed by atoms with Crippen molar-refractivity contribution in [2.75, 3.05) is 38.3 Å². The van der Waals surface area contributed by atoms with Crippen LogP contribution in [0.2, 0.25) is 0 Å². The second-order valence-corrected chi connectivity index (χ2v) is 12.9. The number of hydrogen-bond donors (Lipinski definition) is 0. The highest BCUT2D eigenvalue weighted by molar-refractivity contribution is 7.68. The Morgan fingerprint density at radius 1 is 1.08 bits per heavy atom. The summed E-state index contributed by atoms with van der Waals surface area (Å²) in [6.45, 7) is 11.8. The van der Waals surface area contributed by atoms with Crippen molar-refractivity contribution in [1.29, 1.82) is 0 Å². The monoisotopic (exact) mass is 504 g/mol. The van der Waals surface area contributed by atoms with E-state index in [1.54, 1.807) is 6.26 Å². The van der Waals surface area contributed by atoms with E-state index in [4.69, 9.17) is 23.4 Å². The largest absolute Gasteiger partial charge is 0.459 e. The third kappa shape index (κ3) is 3.64. The van der Waals surface area contributed by atoms with Gasteiger partial charge in [-0.15, -0.1) is 0 Å². The minimum absolute atomic E-state index is 0.0192. The summed E-state index contributed by atoms with van der Waals surface area (Å²) in [5.41, 5.74) is 5.51. The zero-order chi connectivity index (χ0) is 25.1. The fourth-order valence-corrected chi connectivity index (χ4v) is 8.38. The summed E-state index contributed by atoms with van der Waals surface area (Å²) in [7, 11) is -0.580. The number of nitrogens with zero attached hydrogens (tertiary/aromatic N) is 4. The molecule has 4 heterocycles. The molecule has 3 aromatic rings. The van der Waals surface area contributed by atoms with Crippen molar-refractivity contribution in [2.45, 2.75) is 39.2 Å². The van der Waals surface area contributed by atoms with Gasteiger partial charge in [-0.2, -0.15) is 0 Å². The number of aliphatic imine (C=N–C) groups is 1. The average molecular weight is 505 g/mol. The Bertz CT molecular complexity index is 1370. The van der Waals surface area contributed by atoms with Crippen molar-refractivity contribution < 1.29 is 13.7 Å². The number of furan rings is 1. The van der Waals surface area contributed by atoms with Gasteiger partial charge in [-0.25, -0.2) is 14.4 Å². The molecule has 0 N–H and O–H groups in total. The molecule has 1 fully saturated rings.